The molecule has 84 valence electrons. The summed E-state index contributed by atoms with van der Waals surface area (Å²) in [6.07, 6.45) is 6.31. The predicted octanol–water partition coefficient (Wildman–Crippen LogP) is 2.21. The van der Waals surface area contributed by atoms with E-state index in [1.165, 1.54) is 6.42 Å². The lowest BCUT2D eigenvalue weighted by Crippen LogP contribution is -2.40. The molecule has 3 unspecified atom stereocenters. The second-order valence-electron chi connectivity index (χ2n) is 3.66. The first-order chi connectivity index (χ1) is 6.65. The average Bonchev–Trinajstić information content (AvgIpc) is 2.21. The van der Waals surface area contributed by atoms with Crippen LogP contribution in [0.25, 0.3) is 0 Å². The molecule has 3 atom stereocenters. The molecular weight excluding hydrogens is 192 g/mol. The van der Waals surface area contributed by atoms with Gasteiger partial charge in [0.05, 0.1) is 5.37 Å². The van der Waals surface area contributed by atoms with Gasteiger partial charge in [-0.05, 0) is 25.5 Å². The zero-order chi connectivity index (χ0) is 11.0. The van der Waals surface area contributed by atoms with Gasteiger partial charge in [-0.2, -0.15) is 0 Å². The summed E-state index contributed by atoms with van der Waals surface area (Å²) in [5.41, 5.74) is 5.82. The maximum atomic E-state index is 5.82. The minimum absolute atomic E-state index is 0.207. The molecule has 0 heterocycles. The van der Waals surface area contributed by atoms with Crippen molar-refractivity contribution in [2.75, 3.05) is 12.8 Å². The highest BCUT2D eigenvalue weighted by Crippen LogP contribution is 2.13. The van der Waals surface area contributed by atoms with Gasteiger partial charge in [-0.1, -0.05) is 19.4 Å². The first-order valence-electron chi connectivity index (χ1n) is 5.28. The van der Waals surface area contributed by atoms with E-state index in [-0.39, 0.29) is 5.37 Å². The van der Waals surface area contributed by atoms with Crippen LogP contribution in [0, 0.1) is 5.92 Å². The second-order valence-corrected chi connectivity index (χ2v) is 4.74. The molecule has 3 N–H and O–H groups in total. The number of hydrogen-bond donors (Lipinski definition) is 2. The van der Waals surface area contributed by atoms with Crippen LogP contribution < -0.4 is 11.1 Å². The van der Waals surface area contributed by atoms with Crippen LogP contribution in [0.5, 0.6) is 0 Å². The van der Waals surface area contributed by atoms with Crippen LogP contribution in [0.4, 0.5) is 0 Å². The Balaban J connectivity index is 3.78. The van der Waals surface area contributed by atoms with E-state index in [0.29, 0.717) is 12.0 Å². The smallest absolute Gasteiger partial charge is 0.0630 e. The zero-order valence-corrected chi connectivity index (χ0v) is 10.4. The van der Waals surface area contributed by atoms with E-state index >= 15 is 0 Å². The molecule has 0 rings (SSSR count). The summed E-state index contributed by atoms with van der Waals surface area (Å²) in [5.74, 6) is 0.682. The highest BCUT2D eigenvalue weighted by Gasteiger charge is 2.13. The zero-order valence-electron chi connectivity index (χ0n) is 9.62. The van der Waals surface area contributed by atoms with Gasteiger partial charge in [0, 0.05) is 12.6 Å². The Morgan fingerprint density at radius 1 is 1.57 bits per heavy atom. The maximum Gasteiger partial charge on any atom is 0.0630 e. The van der Waals surface area contributed by atoms with E-state index in [0.717, 1.165) is 13.0 Å². The topological polar surface area (TPSA) is 38.0 Å². The first kappa shape index (κ1) is 14.0. The van der Waals surface area contributed by atoms with Crippen LogP contribution in [0.2, 0.25) is 0 Å². The number of thioether (sulfide) groups is 1. The van der Waals surface area contributed by atoms with Crippen molar-refractivity contribution < 1.29 is 0 Å². The molecule has 0 aliphatic carbocycles. The van der Waals surface area contributed by atoms with Gasteiger partial charge >= 0.3 is 0 Å². The number of hydrogen-bond acceptors (Lipinski definition) is 3. The molecule has 0 bridgehead atoms. The molecule has 14 heavy (non-hydrogen) atoms. The van der Waals surface area contributed by atoms with Crippen LogP contribution in [-0.4, -0.2) is 24.2 Å². The van der Waals surface area contributed by atoms with Gasteiger partial charge in [-0.3, -0.25) is 0 Å². The van der Waals surface area contributed by atoms with Gasteiger partial charge in [-0.15, -0.1) is 18.3 Å². The Bertz CT molecular complexity index is 150. The summed E-state index contributed by atoms with van der Waals surface area (Å²) >= 11 is 1.69. The van der Waals surface area contributed by atoms with Gasteiger partial charge < -0.3 is 11.1 Å². The minimum Gasteiger partial charge on any atom is -0.318 e. The van der Waals surface area contributed by atoms with Crippen molar-refractivity contribution in [3.63, 3.8) is 0 Å². The number of nitrogens with two attached hydrogens (primary N) is 1. The number of allylic oxidation sites excluding steroid dienone is 1. The molecule has 0 aliphatic rings. The van der Waals surface area contributed by atoms with Crippen LogP contribution >= 0.6 is 11.8 Å². The molecule has 0 spiro atoms. The standard InChI is InChI=1S/C11H24N2S/c1-5-7-10(6-2)9(3)13-8-11(12)14-4/h5,9-11,13H,1,6-8,12H2,2-4H3. The molecule has 2 nitrogen and oxygen atoms in total. The second kappa shape index (κ2) is 8.33. The number of nitrogens with one attached hydrogen (secondary N) is 1. The van der Waals surface area contributed by atoms with E-state index in [1.54, 1.807) is 11.8 Å². The normalized spacial score (nSPS) is 17.4. The third-order valence-electron chi connectivity index (χ3n) is 2.64. The van der Waals surface area contributed by atoms with Crippen LogP contribution in [0.3, 0.4) is 0 Å². The predicted molar refractivity (Wildman–Crippen MR) is 67.6 cm³/mol. The lowest BCUT2D eigenvalue weighted by Gasteiger charge is -2.24. The van der Waals surface area contributed by atoms with E-state index in [9.17, 15) is 0 Å². The SMILES string of the molecule is C=CCC(CC)C(C)NCC(N)SC. The monoisotopic (exact) mass is 216 g/mol. The van der Waals surface area contributed by atoms with E-state index in [2.05, 4.69) is 25.7 Å². The highest BCUT2D eigenvalue weighted by molar-refractivity contribution is 7.99. The summed E-state index contributed by atoms with van der Waals surface area (Å²) in [5, 5.41) is 3.68. The fourth-order valence-corrected chi connectivity index (χ4v) is 1.75. The third-order valence-corrected chi connectivity index (χ3v) is 3.42. The Kier molecular flexibility index (Phi) is 8.34. The molecule has 0 fully saturated rings. The van der Waals surface area contributed by atoms with Crippen molar-refractivity contribution in [1.29, 1.82) is 0 Å². The van der Waals surface area contributed by atoms with Crippen molar-refractivity contribution >= 4 is 11.8 Å². The van der Waals surface area contributed by atoms with E-state index in [1.807, 2.05) is 12.3 Å². The van der Waals surface area contributed by atoms with Crippen LogP contribution in [0.1, 0.15) is 26.7 Å². The van der Waals surface area contributed by atoms with Crippen molar-refractivity contribution in [3.05, 3.63) is 12.7 Å². The van der Waals surface area contributed by atoms with Crippen molar-refractivity contribution in [1.82, 2.24) is 5.32 Å². The van der Waals surface area contributed by atoms with Crippen molar-refractivity contribution in [3.8, 4) is 0 Å². The third kappa shape index (κ3) is 5.68. The fraction of sp³-hybridized carbons (Fsp3) is 0.818. The van der Waals surface area contributed by atoms with Gasteiger partial charge in [-0.25, -0.2) is 0 Å². The van der Waals surface area contributed by atoms with Crippen LogP contribution in [0.15, 0.2) is 12.7 Å². The summed E-state index contributed by atoms with van der Waals surface area (Å²) in [6, 6.07) is 0.524. The molecule has 0 aromatic rings. The van der Waals surface area contributed by atoms with E-state index in [4.69, 9.17) is 5.73 Å². The Morgan fingerprint density at radius 3 is 2.64 bits per heavy atom. The molecular formula is C11H24N2S. The molecule has 0 saturated heterocycles. The van der Waals surface area contributed by atoms with Gasteiger partial charge in [0.2, 0.25) is 0 Å². The molecule has 0 aromatic carbocycles. The van der Waals surface area contributed by atoms with E-state index < -0.39 is 0 Å². The number of rotatable bonds is 8. The molecule has 0 aromatic heterocycles. The van der Waals surface area contributed by atoms with Crippen LogP contribution in [-0.2, 0) is 0 Å². The lowest BCUT2D eigenvalue weighted by atomic mass is 9.95. The molecule has 0 amide bonds. The van der Waals surface area contributed by atoms with Gasteiger partial charge in [0.25, 0.3) is 0 Å². The molecule has 0 saturated carbocycles. The summed E-state index contributed by atoms with van der Waals surface area (Å²) < 4.78 is 0. The van der Waals surface area contributed by atoms with Gasteiger partial charge in [0.1, 0.15) is 0 Å². The van der Waals surface area contributed by atoms with Crippen molar-refractivity contribution in [2.45, 2.75) is 38.1 Å². The minimum atomic E-state index is 0.207. The fourth-order valence-electron chi connectivity index (χ4n) is 1.49. The molecule has 3 heteroatoms. The first-order valence-corrected chi connectivity index (χ1v) is 6.57. The highest BCUT2D eigenvalue weighted by atomic mass is 32.2. The Hall–Kier alpha value is 0.0100. The lowest BCUT2D eigenvalue weighted by molar-refractivity contribution is 0.368. The Labute approximate surface area is 92.7 Å². The Morgan fingerprint density at radius 2 is 2.21 bits per heavy atom. The average molecular weight is 216 g/mol. The quantitative estimate of drug-likeness (QED) is 0.482. The maximum absolute atomic E-state index is 5.82. The molecule has 0 aliphatic heterocycles. The summed E-state index contributed by atoms with van der Waals surface area (Å²) in [6.45, 7) is 9.12. The summed E-state index contributed by atoms with van der Waals surface area (Å²) in [7, 11) is 0. The molecule has 0 radical (unpaired) electrons. The summed E-state index contributed by atoms with van der Waals surface area (Å²) in [4.78, 5) is 0. The van der Waals surface area contributed by atoms with Crippen molar-refractivity contribution in [2.24, 2.45) is 11.7 Å². The van der Waals surface area contributed by atoms with Gasteiger partial charge in [0.15, 0.2) is 0 Å². The largest absolute Gasteiger partial charge is 0.318 e.